The van der Waals surface area contributed by atoms with Gasteiger partial charge >= 0.3 is 0 Å². The highest BCUT2D eigenvalue weighted by Gasteiger charge is 2.10. The van der Waals surface area contributed by atoms with E-state index < -0.39 is 11.6 Å². The molecular formula is C24H20F2N2O4. The fourth-order valence-corrected chi connectivity index (χ4v) is 3.26. The van der Waals surface area contributed by atoms with E-state index >= 15 is 0 Å². The first kappa shape index (κ1) is 21.3. The lowest BCUT2D eigenvalue weighted by molar-refractivity contribution is 0.0827. The zero-order valence-corrected chi connectivity index (χ0v) is 17.5. The van der Waals surface area contributed by atoms with E-state index in [1.807, 2.05) is 0 Å². The maximum atomic E-state index is 13.4. The Balaban J connectivity index is 1.42. The molecule has 164 valence electrons. The van der Waals surface area contributed by atoms with Crippen molar-refractivity contribution in [2.75, 3.05) is 14.1 Å². The van der Waals surface area contributed by atoms with Gasteiger partial charge in [-0.05, 0) is 29.8 Å². The molecule has 0 atom stereocenters. The molecule has 4 aromatic rings. The van der Waals surface area contributed by atoms with E-state index in [0.717, 1.165) is 17.7 Å². The number of carbonyl (C=O) groups excluding carboxylic acids is 1. The third-order valence-corrected chi connectivity index (χ3v) is 4.93. The van der Waals surface area contributed by atoms with Gasteiger partial charge in [-0.15, -0.1) is 0 Å². The standard InChI is InChI=1S/C24H20F2N2O4/c1-27(2)24(30)16-5-3-15(4-6-16)13-32-23-14-31-19(9-22(23)29)12-28-10-17-7-20(25)21(26)8-18(17)11-28/h3-11,14H,12-13H2,1-2H3. The van der Waals surface area contributed by atoms with Gasteiger partial charge in [0.1, 0.15) is 18.6 Å². The number of hydrogen-bond donors (Lipinski definition) is 0. The molecule has 32 heavy (non-hydrogen) atoms. The minimum Gasteiger partial charge on any atom is -0.482 e. The van der Waals surface area contributed by atoms with Gasteiger partial charge in [-0.2, -0.15) is 0 Å². The van der Waals surface area contributed by atoms with Crippen LogP contribution in [0.5, 0.6) is 5.75 Å². The molecule has 1 amide bonds. The number of aromatic nitrogens is 1. The maximum Gasteiger partial charge on any atom is 0.253 e. The molecule has 0 bridgehead atoms. The minimum absolute atomic E-state index is 0.0593. The molecule has 0 spiro atoms. The van der Waals surface area contributed by atoms with Crippen LogP contribution in [0, 0.1) is 11.6 Å². The van der Waals surface area contributed by atoms with Gasteiger partial charge < -0.3 is 18.6 Å². The van der Waals surface area contributed by atoms with Crippen LogP contribution >= 0.6 is 0 Å². The SMILES string of the molecule is CN(C)C(=O)c1ccc(COc2coc(Cn3cc4cc(F)c(F)cc4c3)cc2=O)cc1. The van der Waals surface area contributed by atoms with Crippen molar-refractivity contribution in [3.8, 4) is 5.75 Å². The van der Waals surface area contributed by atoms with Gasteiger partial charge in [0.25, 0.3) is 5.91 Å². The molecule has 0 saturated heterocycles. The molecule has 8 heteroatoms. The highest BCUT2D eigenvalue weighted by molar-refractivity contribution is 5.93. The Morgan fingerprint density at radius 2 is 1.66 bits per heavy atom. The van der Waals surface area contributed by atoms with Gasteiger partial charge in [0.05, 0.1) is 6.54 Å². The van der Waals surface area contributed by atoms with E-state index in [0.29, 0.717) is 22.1 Å². The van der Waals surface area contributed by atoms with Crippen LogP contribution in [0.4, 0.5) is 8.78 Å². The second-order valence-electron chi connectivity index (χ2n) is 7.59. The first-order valence-electron chi connectivity index (χ1n) is 9.80. The van der Waals surface area contributed by atoms with Crippen LogP contribution in [0.25, 0.3) is 10.8 Å². The van der Waals surface area contributed by atoms with Gasteiger partial charge in [0, 0.05) is 48.9 Å². The molecule has 0 unspecified atom stereocenters. The average molecular weight is 438 g/mol. The molecule has 0 fully saturated rings. The van der Waals surface area contributed by atoms with Gasteiger partial charge in [0.2, 0.25) is 11.2 Å². The summed E-state index contributed by atoms with van der Waals surface area (Å²) in [6, 6.07) is 10.5. The van der Waals surface area contributed by atoms with Crippen molar-refractivity contribution in [3.63, 3.8) is 0 Å². The largest absolute Gasteiger partial charge is 0.482 e. The third kappa shape index (κ3) is 4.54. The van der Waals surface area contributed by atoms with Crippen molar-refractivity contribution < 1.29 is 22.7 Å². The summed E-state index contributed by atoms with van der Waals surface area (Å²) in [5, 5.41) is 1.09. The zero-order valence-electron chi connectivity index (χ0n) is 17.5. The number of ether oxygens (including phenoxy) is 1. The van der Waals surface area contributed by atoms with Gasteiger partial charge in [-0.3, -0.25) is 9.59 Å². The Hall–Kier alpha value is -3.94. The third-order valence-electron chi connectivity index (χ3n) is 4.93. The molecule has 4 rings (SSSR count). The summed E-state index contributed by atoms with van der Waals surface area (Å²) in [7, 11) is 3.36. The molecule has 2 aromatic carbocycles. The van der Waals surface area contributed by atoms with E-state index in [-0.39, 0.29) is 30.2 Å². The minimum atomic E-state index is -0.915. The first-order valence-corrected chi connectivity index (χ1v) is 9.80. The van der Waals surface area contributed by atoms with E-state index in [1.54, 1.807) is 55.3 Å². The highest BCUT2D eigenvalue weighted by Crippen LogP contribution is 2.20. The van der Waals surface area contributed by atoms with Crippen LogP contribution in [-0.2, 0) is 13.2 Å². The number of nitrogens with zero attached hydrogens (tertiary/aromatic N) is 2. The van der Waals surface area contributed by atoms with Gasteiger partial charge in [-0.25, -0.2) is 8.78 Å². The normalized spacial score (nSPS) is 11.0. The van der Waals surface area contributed by atoms with Crippen molar-refractivity contribution in [1.82, 2.24) is 9.47 Å². The number of benzene rings is 2. The van der Waals surface area contributed by atoms with Crippen molar-refractivity contribution in [1.29, 1.82) is 0 Å². The molecule has 0 N–H and O–H groups in total. The molecule has 2 aromatic heterocycles. The monoisotopic (exact) mass is 438 g/mol. The fourth-order valence-electron chi connectivity index (χ4n) is 3.26. The van der Waals surface area contributed by atoms with Gasteiger partial charge in [-0.1, -0.05) is 12.1 Å². The van der Waals surface area contributed by atoms with Crippen LogP contribution in [0.3, 0.4) is 0 Å². The van der Waals surface area contributed by atoms with E-state index in [1.165, 1.54) is 17.2 Å². The molecular weight excluding hydrogens is 418 g/mol. The molecule has 0 aliphatic heterocycles. The second kappa shape index (κ2) is 8.66. The zero-order chi connectivity index (χ0) is 22.8. The molecule has 0 aliphatic rings. The van der Waals surface area contributed by atoms with Crippen LogP contribution in [-0.4, -0.2) is 29.5 Å². The highest BCUT2D eigenvalue weighted by atomic mass is 19.2. The number of halogens is 2. The Labute approximate surface area is 182 Å². The van der Waals surface area contributed by atoms with Crippen molar-refractivity contribution >= 4 is 16.7 Å². The van der Waals surface area contributed by atoms with Gasteiger partial charge in [0.15, 0.2) is 11.6 Å². The fraction of sp³-hybridized carbons (Fsp3) is 0.167. The number of fused-ring (bicyclic) bond motifs is 1. The lowest BCUT2D eigenvalue weighted by Gasteiger charge is -2.11. The number of hydrogen-bond acceptors (Lipinski definition) is 4. The summed E-state index contributed by atoms with van der Waals surface area (Å²) in [6.07, 6.45) is 4.53. The predicted molar refractivity (Wildman–Crippen MR) is 115 cm³/mol. The first-order chi connectivity index (χ1) is 15.3. The smallest absolute Gasteiger partial charge is 0.253 e. The summed E-state index contributed by atoms with van der Waals surface area (Å²) in [5.41, 5.74) is 1.01. The predicted octanol–water partition coefficient (Wildman–Crippen LogP) is 4.20. The van der Waals surface area contributed by atoms with Crippen LogP contribution in [0.1, 0.15) is 21.7 Å². The quantitative estimate of drug-likeness (QED) is 0.453. The summed E-state index contributed by atoms with van der Waals surface area (Å²) < 4.78 is 39.5. The molecule has 0 saturated carbocycles. The van der Waals surface area contributed by atoms with Crippen LogP contribution in [0.15, 0.2) is 70.3 Å². The summed E-state index contributed by atoms with van der Waals surface area (Å²) >= 11 is 0. The molecule has 6 nitrogen and oxygen atoms in total. The Morgan fingerprint density at radius 3 is 2.22 bits per heavy atom. The van der Waals surface area contributed by atoms with Crippen LogP contribution in [0.2, 0.25) is 0 Å². The topological polar surface area (TPSA) is 64.7 Å². The number of rotatable bonds is 6. The van der Waals surface area contributed by atoms with E-state index in [9.17, 15) is 18.4 Å². The average Bonchev–Trinajstić information content (AvgIpc) is 3.14. The number of carbonyl (C=O) groups is 1. The molecule has 2 heterocycles. The van der Waals surface area contributed by atoms with Crippen LogP contribution < -0.4 is 10.2 Å². The second-order valence-corrected chi connectivity index (χ2v) is 7.59. The lowest BCUT2D eigenvalue weighted by atomic mass is 10.1. The lowest BCUT2D eigenvalue weighted by Crippen LogP contribution is -2.21. The number of amides is 1. The van der Waals surface area contributed by atoms with Crippen molar-refractivity contribution in [2.45, 2.75) is 13.2 Å². The summed E-state index contributed by atoms with van der Waals surface area (Å²) in [4.78, 5) is 25.8. The van der Waals surface area contributed by atoms with E-state index in [4.69, 9.17) is 9.15 Å². The maximum absolute atomic E-state index is 13.4. The Bertz CT molecular complexity index is 1300. The van der Waals surface area contributed by atoms with Crippen molar-refractivity contribution in [2.24, 2.45) is 0 Å². The summed E-state index contributed by atoms with van der Waals surface area (Å²) in [5.74, 6) is -1.50. The van der Waals surface area contributed by atoms with Crippen molar-refractivity contribution in [3.05, 3.63) is 99.9 Å². The Morgan fingerprint density at radius 1 is 1.03 bits per heavy atom. The molecule has 0 radical (unpaired) electrons. The summed E-state index contributed by atoms with van der Waals surface area (Å²) in [6.45, 7) is 0.357. The Kier molecular flexibility index (Phi) is 5.77. The molecule has 0 aliphatic carbocycles. The van der Waals surface area contributed by atoms with E-state index in [2.05, 4.69) is 0 Å².